The summed E-state index contributed by atoms with van der Waals surface area (Å²) in [7, 11) is 0. The molecule has 4 heterocycles. The molecule has 0 spiro atoms. The molecule has 198 valence electrons. The van der Waals surface area contributed by atoms with E-state index in [4.69, 9.17) is 4.98 Å². The number of nitrogens with zero attached hydrogens (tertiary/aromatic N) is 5. The highest BCUT2D eigenvalue weighted by Gasteiger charge is 2.31. The first-order valence-electron chi connectivity index (χ1n) is 12.0. The van der Waals surface area contributed by atoms with Crippen molar-refractivity contribution in [2.75, 3.05) is 23.7 Å². The maximum absolute atomic E-state index is 13.2. The number of benzene rings is 1. The normalized spacial score (nSPS) is 14.4. The monoisotopic (exact) mass is 526 g/mol. The largest absolute Gasteiger partial charge is 0.573 e. The fourth-order valence-electron chi connectivity index (χ4n) is 4.27. The number of fused-ring (bicyclic) bond motifs is 1. The lowest BCUT2D eigenvalue weighted by Crippen LogP contribution is -2.35. The number of aromatic nitrogens is 5. The van der Waals surface area contributed by atoms with Crippen LogP contribution in [0.1, 0.15) is 12.8 Å². The molecule has 1 saturated heterocycles. The Kier molecular flexibility index (Phi) is 7.01. The van der Waals surface area contributed by atoms with Crippen LogP contribution in [-0.4, -0.2) is 49.8 Å². The van der Waals surface area contributed by atoms with Gasteiger partial charge in [0.25, 0.3) is 5.56 Å². The van der Waals surface area contributed by atoms with Gasteiger partial charge in [0.15, 0.2) is 11.5 Å². The predicted octanol–water partition coefficient (Wildman–Crippen LogP) is 3.97. The van der Waals surface area contributed by atoms with Crippen molar-refractivity contribution in [2.24, 2.45) is 0 Å². The van der Waals surface area contributed by atoms with Gasteiger partial charge in [-0.05, 0) is 62.3 Å². The molecular formula is C25H25F3N8O2. The van der Waals surface area contributed by atoms with Crippen LogP contribution in [0.4, 0.5) is 30.6 Å². The van der Waals surface area contributed by atoms with Gasteiger partial charge in [-0.25, -0.2) is 19.3 Å². The summed E-state index contributed by atoms with van der Waals surface area (Å²) in [6, 6.07) is 11.0. The van der Waals surface area contributed by atoms with Gasteiger partial charge >= 0.3 is 6.36 Å². The number of rotatable bonds is 8. The molecule has 1 aromatic carbocycles. The smallest absolute Gasteiger partial charge is 0.406 e. The number of halogens is 3. The van der Waals surface area contributed by atoms with E-state index in [9.17, 15) is 18.0 Å². The van der Waals surface area contributed by atoms with E-state index in [0.29, 0.717) is 29.0 Å². The van der Waals surface area contributed by atoms with E-state index in [-0.39, 0.29) is 29.2 Å². The molecule has 38 heavy (non-hydrogen) atoms. The minimum atomic E-state index is -4.78. The standard InChI is InChI=1S/C25H25F3N8O2/c1-2-14-35-23(37)19-15-30-24(32-16-6-8-18(9-7-16)38-25(26,27)28)34-22(19)36(35)21-5-3-4-20(33-21)31-17-10-12-29-13-11-17/h2-9,15,17,29H,1,10-14H2,(H,31,33)(H,30,32,34). The molecule has 1 aliphatic rings. The third-order valence-corrected chi connectivity index (χ3v) is 5.96. The van der Waals surface area contributed by atoms with E-state index in [1.54, 1.807) is 16.8 Å². The first-order valence-corrected chi connectivity index (χ1v) is 12.0. The number of hydrogen-bond donors (Lipinski definition) is 3. The Morgan fingerprint density at radius 3 is 2.61 bits per heavy atom. The second-order valence-corrected chi connectivity index (χ2v) is 8.67. The zero-order valence-corrected chi connectivity index (χ0v) is 20.2. The summed E-state index contributed by atoms with van der Waals surface area (Å²) in [4.78, 5) is 26.7. The van der Waals surface area contributed by atoms with Crippen LogP contribution in [0.5, 0.6) is 5.75 Å². The minimum Gasteiger partial charge on any atom is -0.406 e. The molecule has 0 aliphatic carbocycles. The highest BCUT2D eigenvalue weighted by Crippen LogP contribution is 2.25. The summed E-state index contributed by atoms with van der Waals surface area (Å²) in [5.41, 5.74) is 0.445. The number of hydrogen-bond acceptors (Lipinski definition) is 8. The van der Waals surface area contributed by atoms with Crippen molar-refractivity contribution < 1.29 is 17.9 Å². The molecular weight excluding hydrogens is 501 g/mol. The molecule has 3 N–H and O–H groups in total. The lowest BCUT2D eigenvalue weighted by molar-refractivity contribution is -0.274. The molecule has 0 atom stereocenters. The number of ether oxygens (including phenoxy) is 1. The fourth-order valence-corrected chi connectivity index (χ4v) is 4.27. The van der Waals surface area contributed by atoms with Crippen LogP contribution in [0.25, 0.3) is 16.9 Å². The van der Waals surface area contributed by atoms with E-state index in [2.05, 4.69) is 37.2 Å². The van der Waals surface area contributed by atoms with Gasteiger partial charge in [-0.2, -0.15) is 4.98 Å². The SMILES string of the molecule is C=CCn1c(=O)c2cnc(Nc3ccc(OC(F)(F)F)cc3)nc2n1-c1cccc(NC2CCNCC2)n1. The van der Waals surface area contributed by atoms with Crippen molar-refractivity contribution in [1.82, 2.24) is 29.6 Å². The number of piperidine rings is 1. The highest BCUT2D eigenvalue weighted by atomic mass is 19.4. The highest BCUT2D eigenvalue weighted by molar-refractivity contribution is 5.77. The third kappa shape index (κ3) is 5.62. The lowest BCUT2D eigenvalue weighted by Gasteiger charge is -2.24. The molecule has 4 aromatic rings. The first-order chi connectivity index (χ1) is 18.3. The van der Waals surface area contributed by atoms with Gasteiger partial charge in [-0.1, -0.05) is 12.1 Å². The van der Waals surface area contributed by atoms with E-state index < -0.39 is 6.36 Å². The van der Waals surface area contributed by atoms with Crippen molar-refractivity contribution in [3.8, 4) is 11.6 Å². The number of alkyl halides is 3. The molecule has 10 nitrogen and oxygen atoms in total. The van der Waals surface area contributed by atoms with Crippen LogP contribution in [0.2, 0.25) is 0 Å². The van der Waals surface area contributed by atoms with Gasteiger partial charge in [-0.15, -0.1) is 19.8 Å². The Morgan fingerprint density at radius 1 is 1.13 bits per heavy atom. The van der Waals surface area contributed by atoms with E-state index in [1.807, 2.05) is 12.1 Å². The predicted molar refractivity (Wildman–Crippen MR) is 137 cm³/mol. The van der Waals surface area contributed by atoms with Crippen molar-refractivity contribution in [2.45, 2.75) is 31.8 Å². The van der Waals surface area contributed by atoms with E-state index in [1.165, 1.54) is 35.1 Å². The molecule has 0 unspecified atom stereocenters. The van der Waals surface area contributed by atoms with Crippen LogP contribution in [0.3, 0.4) is 0 Å². The first kappa shape index (κ1) is 25.3. The van der Waals surface area contributed by atoms with Crippen molar-refractivity contribution >= 4 is 28.5 Å². The van der Waals surface area contributed by atoms with Crippen LogP contribution in [0.15, 0.2) is 66.1 Å². The summed E-state index contributed by atoms with van der Waals surface area (Å²) in [5.74, 6) is 0.966. The lowest BCUT2D eigenvalue weighted by atomic mass is 10.1. The molecule has 1 fully saturated rings. The molecule has 0 radical (unpaired) electrons. The summed E-state index contributed by atoms with van der Waals surface area (Å²) in [6.45, 7) is 5.84. The van der Waals surface area contributed by atoms with Crippen LogP contribution < -0.4 is 26.2 Å². The van der Waals surface area contributed by atoms with Gasteiger partial charge in [0.1, 0.15) is 17.0 Å². The maximum Gasteiger partial charge on any atom is 0.573 e. The Hall–Kier alpha value is -4.39. The quantitative estimate of drug-likeness (QED) is 0.296. The Balaban J connectivity index is 1.49. The second kappa shape index (κ2) is 10.5. The number of pyridine rings is 1. The Morgan fingerprint density at radius 2 is 1.89 bits per heavy atom. The van der Waals surface area contributed by atoms with Crippen LogP contribution in [-0.2, 0) is 6.54 Å². The van der Waals surface area contributed by atoms with Gasteiger partial charge in [0, 0.05) is 17.9 Å². The average Bonchev–Trinajstić information content (AvgIpc) is 3.16. The van der Waals surface area contributed by atoms with Gasteiger partial charge in [-0.3, -0.25) is 4.79 Å². The average molecular weight is 527 g/mol. The minimum absolute atomic E-state index is 0.149. The Bertz CT molecular complexity index is 1490. The summed E-state index contributed by atoms with van der Waals surface area (Å²) in [5, 5.41) is 10.0. The molecule has 0 saturated carbocycles. The Labute approximate surface area is 215 Å². The van der Waals surface area contributed by atoms with Crippen molar-refractivity contribution in [3.63, 3.8) is 0 Å². The molecule has 1 aliphatic heterocycles. The van der Waals surface area contributed by atoms with E-state index in [0.717, 1.165) is 25.9 Å². The van der Waals surface area contributed by atoms with Crippen molar-refractivity contribution in [3.05, 3.63) is 71.7 Å². The van der Waals surface area contributed by atoms with Crippen LogP contribution >= 0.6 is 0 Å². The molecule has 0 bridgehead atoms. The zero-order valence-electron chi connectivity index (χ0n) is 20.2. The number of nitrogens with one attached hydrogen (secondary N) is 3. The molecule has 0 amide bonds. The van der Waals surface area contributed by atoms with Gasteiger partial charge in [0.05, 0.1) is 6.54 Å². The molecule has 13 heteroatoms. The second-order valence-electron chi connectivity index (χ2n) is 8.67. The zero-order chi connectivity index (χ0) is 26.7. The summed E-state index contributed by atoms with van der Waals surface area (Å²) >= 11 is 0. The van der Waals surface area contributed by atoms with Crippen molar-refractivity contribution in [1.29, 1.82) is 0 Å². The topological polar surface area (TPSA) is 111 Å². The van der Waals surface area contributed by atoms with Gasteiger partial charge < -0.3 is 20.7 Å². The third-order valence-electron chi connectivity index (χ3n) is 5.96. The van der Waals surface area contributed by atoms with E-state index >= 15 is 0 Å². The van der Waals surface area contributed by atoms with Gasteiger partial charge in [0.2, 0.25) is 5.95 Å². The van der Waals surface area contributed by atoms with Crippen LogP contribution in [0, 0.1) is 0 Å². The number of anilines is 3. The summed E-state index contributed by atoms with van der Waals surface area (Å²) in [6.07, 6.45) is 0.183. The summed E-state index contributed by atoms with van der Waals surface area (Å²) < 4.78 is 44.3. The molecule has 5 rings (SSSR count). The molecule has 3 aromatic heterocycles. The fraction of sp³-hybridized carbons (Fsp3) is 0.280. The number of allylic oxidation sites excluding steroid dienone is 1. The maximum atomic E-state index is 13.2.